The van der Waals surface area contributed by atoms with Gasteiger partial charge in [-0.05, 0) is 30.7 Å². The Kier molecular flexibility index (Phi) is 5.37. The summed E-state index contributed by atoms with van der Waals surface area (Å²) in [5.41, 5.74) is 0.591. The molecule has 0 bridgehead atoms. The van der Waals surface area contributed by atoms with Gasteiger partial charge in [-0.1, -0.05) is 0 Å². The number of aryl methyl sites for hydroxylation is 1. The molecule has 2 heterocycles. The molecule has 3 N–H and O–H groups in total. The first-order valence-corrected chi connectivity index (χ1v) is 8.20. The predicted molar refractivity (Wildman–Crippen MR) is 85.1 cm³/mol. The van der Waals surface area contributed by atoms with Crippen molar-refractivity contribution >= 4 is 17.7 Å². The lowest BCUT2D eigenvalue weighted by molar-refractivity contribution is 0.0724. The molecule has 1 aromatic heterocycles. The molecule has 0 spiro atoms. The van der Waals surface area contributed by atoms with E-state index >= 15 is 0 Å². The van der Waals surface area contributed by atoms with Gasteiger partial charge in [-0.15, -0.1) is 0 Å². The Hall–Kier alpha value is -1.14. The molecule has 0 aliphatic carbocycles. The van der Waals surface area contributed by atoms with Crippen molar-refractivity contribution in [3.63, 3.8) is 0 Å². The number of nitrogens with one attached hydrogen (secondary N) is 2. The predicted octanol–water partition coefficient (Wildman–Crippen LogP) is 0.948. The molecular formula is C14H24N4OS. The second-order valence-corrected chi connectivity index (χ2v) is 6.37. The monoisotopic (exact) mass is 296 g/mol. The highest BCUT2D eigenvalue weighted by Gasteiger charge is 2.31. The van der Waals surface area contributed by atoms with Crippen LogP contribution in [0.4, 0.5) is 0 Å². The summed E-state index contributed by atoms with van der Waals surface area (Å²) in [5, 5.41) is 16.8. The first-order chi connectivity index (χ1) is 9.61. The molecule has 2 rings (SSSR count). The van der Waals surface area contributed by atoms with Gasteiger partial charge in [0.15, 0.2) is 5.96 Å². The number of aliphatic hydroxyl groups is 1. The molecule has 0 radical (unpaired) electrons. The number of thioether (sulfide) groups is 1. The summed E-state index contributed by atoms with van der Waals surface area (Å²) in [7, 11) is 2.00. The zero-order chi connectivity index (χ0) is 14.4. The van der Waals surface area contributed by atoms with Crippen molar-refractivity contribution in [2.75, 3.05) is 24.6 Å². The largest absolute Gasteiger partial charge is 0.387 e. The van der Waals surface area contributed by atoms with Crippen LogP contribution in [0.2, 0.25) is 0 Å². The summed E-state index contributed by atoms with van der Waals surface area (Å²) in [5.74, 6) is 2.61. The molecule has 0 saturated carbocycles. The van der Waals surface area contributed by atoms with Crippen molar-refractivity contribution in [3.8, 4) is 0 Å². The van der Waals surface area contributed by atoms with Gasteiger partial charge in [0.25, 0.3) is 0 Å². The Labute approximate surface area is 124 Å². The Bertz CT molecular complexity index is 452. The van der Waals surface area contributed by atoms with Gasteiger partial charge in [-0.3, -0.25) is 0 Å². The van der Waals surface area contributed by atoms with Crippen LogP contribution in [0, 0.1) is 0 Å². The molecule has 5 nitrogen and oxygen atoms in total. The number of aromatic nitrogens is 1. The fraction of sp³-hybridized carbons (Fsp3) is 0.643. The van der Waals surface area contributed by atoms with Crippen molar-refractivity contribution in [3.05, 3.63) is 24.0 Å². The average Bonchev–Trinajstić information content (AvgIpc) is 3.03. The quantitative estimate of drug-likeness (QED) is 0.559. The molecule has 0 amide bonds. The fourth-order valence-corrected chi connectivity index (χ4v) is 3.45. The van der Waals surface area contributed by atoms with E-state index < -0.39 is 5.60 Å². The minimum atomic E-state index is -0.590. The van der Waals surface area contributed by atoms with Gasteiger partial charge in [0.05, 0.1) is 12.1 Å². The summed E-state index contributed by atoms with van der Waals surface area (Å²) in [4.78, 5) is 4.55. The van der Waals surface area contributed by atoms with Gasteiger partial charge in [-0.25, -0.2) is 4.99 Å². The number of rotatable bonds is 5. The van der Waals surface area contributed by atoms with Crippen LogP contribution in [0.1, 0.15) is 18.9 Å². The summed E-state index contributed by atoms with van der Waals surface area (Å²) >= 11 is 1.81. The molecular weight excluding hydrogens is 272 g/mol. The van der Waals surface area contributed by atoms with Crippen LogP contribution in [0.25, 0.3) is 0 Å². The minimum Gasteiger partial charge on any atom is -0.387 e. The maximum absolute atomic E-state index is 10.3. The summed E-state index contributed by atoms with van der Waals surface area (Å²) in [6, 6.07) is 2.06. The highest BCUT2D eigenvalue weighted by molar-refractivity contribution is 7.99. The van der Waals surface area contributed by atoms with E-state index in [0.29, 0.717) is 13.1 Å². The van der Waals surface area contributed by atoms with E-state index in [1.54, 1.807) is 11.8 Å². The van der Waals surface area contributed by atoms with Crippen molar-refractivity contribution in [2.45, 2.75) is 25.5 Å². The topological polar surface area (TPSA) is 61.6 Å². The average molecular weight is 296 g/mol. The van der Waals surface area contributed by atoms with Crippen LogP contribution in [0.15, 0.2) is 23.5 Å². The third kappa shape index (κ3) is 4.45. The molecule has 112 valence electrons. The van der Waals surface area contributed by atoms with Crippen molar-refractivity contribution < 1.29 is 5.11 Å². The van der Waals surface area contributed by atoms with Crippen molar-refractivity contribution in [1.29, 1.82) is 0 Å². The molecule has 1 unspecified atom stereocenters. The van der Waals surface area contributed by atoms with Crippen LogP contribution in [-0.2, 0) is 13.6 Å². The van der Waals surface area contributed by atoms with E-state index in [2.05, 4.69) is 27.9 Å². The number of hydrogen-bond donors (Lipinski definition) is 3. The van der Waals surface area contributed by atoms with Gasteiger partial charge in [-0.2, -0.15) is 11.8 Å². The Morgan fingerprint density at radius 1 is 1.55 bits per heavy atom. The summed E-state index contributed by atoms with van der Waals surface area (Å²) in [6.07, 6.45) is 4.93. The number of aliphatic imine (C=N–C) groups is 1. The highest BCUT2D eigenvalue weighted by Crippen LogP contribution is 2.26. The molecule has 1 aliphatic heterocycles. The highest BCUT2D eigenvalue weighted by atomic mass is 32.2. The number of guanidine groups is 1. The van der Waals surface area contributed by atoms with Gasteiger partial charge >= 0.3 is 0 Å². The lowest BCUT2D eigenvalue weighted by Gasteiger charge is -2.23. The van der Waals surface area contributed by atoms with Gasteiger partial charge in [0, 0.05) is 38.3 Å². The first-order valence-electron chi connectivity index (χ1n) is 7.04. The molecule has 6 heteroatoms. The fourth-order valence-electron chi connectivity index (χ4n) is 2.15. The summed E-state index contributed by atoms with van der Waals surface area (Å²) in [6.45, 7) is 4.05. The van der Waals surface area contributed by atoms with Crippen LogP contribution in [0.5, 0.6) is 0 Å². The van der Waals surface area contributed by atoms with Crippen LogP contribution >= 0.6 is 11.8 Å². The Morgan fingerprint density at radius 3 is 3.00 bits per heavy atom. The molecule has 1 fully saturated rings. The van der Waals surface area contributed by atoms with Gasteiger partial charge in [0.1, 0.15) is 0 Å². The standard InChI is InChI=1S/C14H24N4OS/c1-3-15-13(16-8-12-4-6-18(2)9-12)17-10-14(19)5-7-20-11-14/h4,6,9,19H,3,5,7-8,10-11H2,1-2H3,(H2,15,16,17). The van der Waals surface area contributed by atoms with E-state index in [-0.39, 0.29) is 0 Å². The van der Waals surface area contributed by atoms with Crippen molar-refractivity contribution in [1.82, 2.24) is 15.2 Å². The van der Waals surface area contributed by atoms with E-state index in [1.807, 2.05) is 24.7 Å². The minimum absolute atomic E-state index is 0.556. The molecule has 20 heavy (non-hydrogen) atoms. The van der Waals surface area contributed by atoms with Crippen LogP contribution < -0.4 is 10.6 Å². The SMILES string of the molecule is CCNC(=NCc1ccn(C)c1)NCC1(O)CCSC1. The maximum Gasteiger partial charge on any atom is 0.191 e. The third-order valence-electron chi connectivity index (χ3n) is 3.32. The lowest BCUT2D eigenvalue weighted by Crippen LogP contribution is -2.47. The van der Waals surface area contributed by atoms with Crippen molar-refractivity contribution in [2.24, 2.45) is 12.0 Å². The Balaban J connectivity index is 1.88. The summed E-state index contributed by atoms with van der Waals surface area (Å²) < 4.78 is 2.02. The van der Waals surface area contributed by atoms with E-state index in [0.717, 1.165) is 30.4 Å². The van der Waals surface area contributed by atoms with E-state index in [1.165, 1.54) is 5.56 Å². The van der Waals surface area contributed by atoms with Gasteiger partial charge in [0.2, 0.25) is 0 Å². The lowest BCUT2D eigenvalue weighted by atomic mass is 10.0. The van der Waals surface area contributed by atoms with E-state index in [9.17, 15) is 5.11 Å². The molecule has 1 aromatic rings. The normalized spacial score (nSPS) is 23.1. The first kappa shape index (κ1) is 15.3. The maximum atomic E-state index is 10.3. The Morgan fingerprint density at radius 2 is 2.40 bits per heavy atom. The second-order valence-electron chi connectivity index (χ2n) is 5.26. The zero-order valence-electron chi connectivity index (χ0n) is 12.2. The molecule has 1 atom stereocenters. The number of hydrogen-bond acceptors (Lipinski definition) is 3. The number of nitrogens with zero attached hydrogens (tertiary/aromatic N) is 2. The smallest absolute Gasteiger partial charge is 0.191 e. The zero-order valence-corrected chi connectivity index (χ0v) is 13.0. The molecule has 0 aromatic carbocycles. The van der Waals surface area contributed by atoms with Crippen LogP contribution in [0.3, 0.4) is 0 Å². The van der Waals surface area contributed by atoms with Gasteiger partial charge < -0.3 is 20.3 Å². The second kappa shape index (κ2) is 7.04. The third-order valence-corrected chi connectivity index (χ3v) is 4.56. The molecule has 1 saturated heterocycles. The van der Waals surface area contributed by atoms with E-state index in [4.69, 9.17) is 0 Å². The van der Waals surface area contributed by atoms with Crippen LogP contribution in [-0.4, -0.2) is 45.8 Å². The molecule has 1 aliphatic rings.